The SMILES string of the molecule is NNC(=O)N=Nc1cccc(-c2ncc(F)cn2)c1. The molecule has 0 aliphatic heterocycles. The van der Waals surface area contributed by atoms with Crippen molar-refractivity contribution in [2.45, 2.75) is 0 Å². The van der Waals surface area contributed by atoms with Gasteiger partial charge in [-0.25, -0.2) is 25.0 Å². The predicted molar refractivity (Wildman–Crippen MR) is 64.7 cm³/mol. The lowest BCUT2D eigenvalue weighted by Crippen LogP contribution is -2.26. The molecule has 1 aromatic carbocycles. The number of benzene rings is 1. The molecule has 1 heterocycles. The normalized spacial score (nSPS) is 10.6. The highest BCUT2D eigenvalue weighted by Gasteiger charge is 2.02. The Morgan fingerprint density at radius 3 is 2.74 bits per heavy atom. The van der Waals surface area contributed by atoms with Gasteiger partial charge in [-0.1, -0.05) is 17.2 Å². The van der Waals surface area contributed by atoms with Gasteiger partial charge in [-0.3, -0.25) is 5.43 Å². The Balaban J connectivity index is 2.26. The Hall–Kier alpha value is -2.74. The summed E-state index contributed by atoms with van der Waals surface area (Å²) >= 11 is 0. The minimum Gasteiger partial charge on any atom is -0.273 e. The van der Waals surface area contributed by atoms with Gasteiger partial charge in [0.1, 0.15) is 0 Å². The van der Waals surface area contributed by atoms with Gasteiger partial charge in [-0.15, -0.1) is 5.11 Å². The Morgan fingerprint density at radius 2 is 2.05 bits per heavy atom. The minimum atomic E-state index is -0.761. The van der Waals surface area contributed by atoms with Crippen molar-refractivity contribution < 1.29 is 9.18 Å². The first-order valence-electron chi connectivity index (χ1n) is 5.19. The smallest absolute Gasteiger partial charge is 0.273 e. The van der Waals surface area contributed by atoms with E-state index in [1.165, 1.54) is 0 Å². The quantitative estimate of drug-likeness (QED) is 0.372. The predicted octanol–water partition coefficient (Wildman–Crippen LogP) is 1.95. The van der Waals surface area contributed by atoms with E-state index in [0.29, 0.717) is 17.1 Å². The van der Waals surface area contributed by atoms with Crippen LogP contribution in [0.3, 0.4) is 0 Å². The van der Waals surface area contributed by atoms with E-state index in [0.717, 1.165) is 12.4 Å². The van der Waals surface area contributed by atoms with Crippen LogP contribution >= 0.6 is 0 Å². The van der Waals surface area contributed by atoms with Gasteiger partial charge in [0.2, 0.25) is 0 Å². The Morgan fingerprint density at radius 1 is 1.32 bits per heavy atom. The summed E-state index contributed by atoms with van der Waals surface area (Å²) in [4.78, 5) is 18.5. The first-order valence-corrected chi connectivity index (χ1v) is 5.19. The van der Waals surface area contributed by atoms with E-state index >= 15 is 0 Å². The fraction of sp³-hybridized carbons (Fsp3) is 0. The number of carbonyl (C=O) groups excluding carboxylic acids is 1. The third-order valence-electron chi connectivity index (χ3n) is 2.10. The van der Waals surface area contributed by atoms with Crippen LogP contribution < -0.4 is 11.3 Å². The molecule has 2 amide bonds. The lowest BCUT2D eigenvalue weighted by atomic mass is 10.2. The fourth-order valence-electron chi connectivity index (χ4n) is 1.30. The number of rotatable bonds is 2. The highest BCUT2D eigenvalue weighted by Crippen LogP contribution is 2.21. The van der Waals surface area contributed by atoms with Crippen molar-refractivity contribution in [2.24, 2.45) is 16.1 Å². The molecule has 0 aliphatic rings. The average molecular weight is 260 g/mol. The summed E-state index contributed by atoms with van der Waals surface area (Å²) in [5.74, 6) is 4.70. The zero-order chi connectivity index (χ0) is 13.7. The second-order valence-corrected chi connectivity index (χ2v) is 3.42. The summed E-state index contributed by atoms with van der Waals surface area (Å²) in [6, 6.07) is 5.91. The van der Waals surface area contributed by atoms with Gasteiger partial charge < -0.3 is 0 Å². The second kappa shape index (κ2) is 5.74. The maximum Gasteiger partial charge on any atom is 0.373 e. The van der Waals surface area contributed by atoms with Crippen LogP contribution in [0.4, 0.5) is 14.9 Å². The van der Waals surface area contributed by atoms with E-state index in [4.69, 9.17) is 5.84 Å². The highest BCUT2D eigenvalue weighted by atomic mass is 19.1. The number of hydrazine groups is 1. The fourth-order valence-corrected chi connectivity index (χ4v) is 1.30. The minimum absolute atomic E-state index is 0.349. The van der Waals surface area contributed by atoms with Crippen LogP contribution in [0.2, 0.25) is 0 Å². The molecular formula is C11H9FN6O. The van der Waals surface area contributed by atoms with Gasteiger partial charge >= 0.3 is 6.03 Å². The number of aromatic nitrogens is 2. The zero-order valence-corrected chi connectivity index (χ0v) is 9.62. The summed E-state index contributed by atoms with van der Waals surface area (Å²) in [7, 11) is 0. The molecule has 0 atom stereocenters. The van der Waals surface area contributed by atoms with Gasteiger partial charge in [0.25, 0.3) is 0 Å². The molecule has 3 N–H and O–H groups in total. The van der Waals surface area contributed by atoms with Gasteiger partial charge in [0, 0.05) is 5.56 Å². The molecule has 19 heavy (non-hydrogen) atoms. The van der Waals surface area contributed by atoms with Gasteiger partial charge in [0.15, 0.2) is 11.6 Å². The van der Waals surface area contributed by atoms with Crippen molar-refractivity contribution in [3.05, 3.63) is 42.5 Å². The average Bonchev–Trinajstić information content (AvgIpc) is 2.46. The standard InChI is InChI=1S/C11H9FN6O/c12-8-5-14-10(15-6-8)7-2-1-3-9(4-7)17-18-11(19)16-13/h1-6H,13H2,(H,16,19). The van der Waals surface area contributed by atoms with Crippen LogP contribution in [0.25, 0.3) is 11.4 Å². The van der Waals surface area contributed by atoms with Crippen LogP contribution in [0.15, 0.2) is 46.9 Å². The first-order chi connectivity index (χ1) is 9.19. The molecule has 0 radical (unpaired) electrons. The lowest BCUT2D eigenvalue weighted by molar-refractivity contribution is 0.248. The largest absolute Gasteiger partial charge is 0.373 e. The van der Waals surface area contributed by atoms with E-state index in [2.05, 4.69) is 20.2 Å². The van der Waals surface area contributed by atoms with Gasteiger partial charge in [-0.2, -0.15) is 0 Å². The van der Waals surface area contributed by atoms with Crippen LogP contribution in [0.1, 0.15) is 0 Å². The topological polar surface area (TPSA) is 106 Å². The molecule has 0 spiro atoms. The van der Waals surface area contributed by atoms with Crippen molar-refractivity contribution in [3.63, 3.8) is 0 Å². The summed E-state index contributed by atoms with van der Waals surface area (Å²) < 4.78 is 12.7. The molecular weight excluding hydrogens is 251 g/mol. The number of hydrogen-bond donors (Lipinski definition) is 2. The first kappa shape index (κ1) is 12.7. The Labute approximate surface area is 107 Å². The number of nitrogens with two attached hydrogens (primary N) is 1. The number of azo groups is 1. The number of urea groups is 1. The number of nitrogens with one attached hydrogen (secondary N) is 1. The van der Waals surface area contributed by atoms with Crippen molar-refractivity contribution >= 4 is 11.7 Å². The summed E-state index contributed by atoms with van der Waals surface area (Å²) in [5, 5.41) is 6.99. The molecule has 7 nitrogen and oxygen atoms in total. The van der Waals surface area contributed by atoms with E-state index in [1.54, 1.807) is 24.3 Å². The van der Waals surface area contributed by atoms with Crippen molar-refractivity contribution in [1.29, 1.82) is 0 Å². The maximum absolute atomic E-state index is 12.7. The Kier molecular flexibility index (Phi) is 3.84. The monoisotopic (exact) mass is 260 g/mol. The number of hydrogen-bond acceptors (Lipinski definition) is 5. The third kappa shape index (κ3) is 3.36. The van der Waals surface area contributed by atoms with Crippen LogP contribution in [0, 0.1) is 5.82 Å². The summed E-state index contributed by atoms with van der Waals surface area (Å²) in [5.41, 5.74) is 2.88. The van der Waals surface area contributed by atoms with E-state index < -0.39 is 11.8 Å². The Bertz CT molecular complexity index is 613. The second-order valence-electron chi connectivity index (χ2n) is 3.42. The van der Waals surface area contributed by atoms with Crippen molar-refractivity contribution in [2.75, 3.05) is 0 Å². The molecule has 0 saturated carbocycles. The summed E-state index contributed by atoms with van der Waals surface area (Å²) in [6.45, 7) is 0. The van der Waals surface area contributed by atoms with Crippen molar-refractivity contribution in [1.82, 2.24) is 15.4 Å². The number of nitrogens with zero attached hydrogens (tertiary/aromatic N) is 4. The molecule has 0 bridgehead atoms. The highest BCUT2D eigenvalue weighted by molar-refractivity contribution is 5.73. The maximum atomic E-state index is 12.7. The molecule has 2 rings (SSSR count). The van der Waals surface area contributed by atoms with Crippen LogP contribution in [-0.4, -0.2) is 16.0 Å². The zero-order valence-electron chi connectivity index (χ0n) is 9.62. The molecule has 96 valence electrons. The molecule has 0 saturated heterocycles. The van der Waals surface area contributed by atoms with E-state index in [9.17, 15) is 9.18 Å². The summed E-state index contributed by atoms with van der Waals surface area (Å²) in [6.07, 6.45) is 2.14. The lowest BCUT2D eigenvalue weighted by Gasteiger charge is -2.00. The number of halogens is 1. The third-order valence-corrected chi connectivity index (χ3v) is 2.10. The molecule has 0 fully saturated rings. The molecule has 0 aliphatic carbocycles. The van der Waals surface area contributed by atoms with Crippen molar-refractivity contribution in [3.8, 4) is 11.4 Å². The van der Waals surface area contributed by atoms with E-state index in [1.807, 2.05) is 5.43 Å². The van der Waals surface area contributed by atoms with Crippen LogP contribution in [0.5, 0.6) is 0 Å². The molecule has 1 aromatic heterocycles. The molecule has 0 unspecified atom stereocenters. The molecule has 2 aromatic rings. The van der Waals surface area contributed by atoms with Gasteiger partial charge in [0.05, 0.1) is 18.1 Å². The number of carbonyl (C=O) groups is 1. The molecule has 8 heteroatoms. The van der Waals surface area contributed by atoms with Crippen LogP contribution in [-0.2, 0) is 0 Å². The van der Waals surface area contributed by atoms with E-state index in [-0.39, 0.29) is 0 Å². The number of amides is 2. The van der Waals surface area contributed by atoms with Gasteiger partial charge in [-0.05, 0) is 12.1 Å².